The summed E-state index contributed by atoms with van der Waals surface area (Å²) in [7, 11) is 5.61. The fraction of sp³-hybridized carbons (Fsp3) is 0.562. The first-order valence-corrected chi connectivity index (χ1v) is 7.30. The number of halogens is 1. The molecule has 4 nitrogen and oxygen atoms in total. The summed E-state index contributed by atoms with van der Waals surface area (Å²) >= 11 is 0. The average Bonchev–Trinajstić information content (AvgIpc) is 2.47. The maximum Gasteiger partial charge on any atom is 0.253 e. The number of hydrogen-bond donors (Lipinski definition) is 1. The summed E-state index contributed by atoms with van der Waals surface area (Å²) in [6.45, 7) is 3.15. The van der Waals surface area contributed by atoms with Gasteiger partial charge in [0.15, 0.2) is 0 Å². The molecule has 0 spiro atoms. The molecule has 1 aromatic carbocycles. The Morgan fingerprint density at radius 1 is 1.43 bits per heavy atom. The monoisotopic (exact) mass is 311 g/mol. The molecule has 1 unspecified atom stereocenters. The van der Waals surface area contributed by atoms with E-state index in [4.69, 9.17) is 0 Å². The lowest BCUT2D eigenvalue weighted by Crippen LogP contribution is -2.43. The highest BCUT2D eigenvalue weighted by Gasteiger charge is 2.18. The van der Waals surface area contributed by atoms with Gasteiger partial charge in [-0.3, -0.25) is 9.69 Å². The summed E-state index contributed by atoms with van der Waals surface area (Å²) in [5, 5.41) is 3.36. The lowest BCUT2D eigenvalue weighted by Gasteiger charge is -2.32. The topological polar surface area (TPSA) is 35.6 Å². The number of carbonyl (C=O) groups is 1. The van der Waals surface area contributed by atoms with Crippen molar-refractivity contribution in [1.82, 2.24) is 15.1 Å². The number of nitrogens with one attached hydrogen (secondary N) is 1. The SMILES string of the molecule is CNC1CCCN(Cc2cccc(C(=O)N(C)C)c2)C1.Cl. The summed E-state index contributed by atoms with van der Waals surface area (Å²) in [5.74, 6) is 0.0681. The first kappa shape index (κ1) is 18.0. The number of amides is 1. The Morgan fingerprint density at radius 3 is 2.86 bits per heavy atom. The van der Waals surface area contributed by atoms with Gasteiger partial charge in [0.25, 0.3) is 5.91 Å². The van der Waals surface area contributed by atoms with E-state index in [0.717, 1.165) is 25.2 Å². The third-order valence-corrected chi connectivity index (χ3v) is 3.90. The fourth-order valence-electron chi connectivity index (χ4n) is 2.75. The summed E-state index contributed by atoms with van der Waals surface area (Å²) in [4.78, 5) is 16.1. The summed E-state index contributed by atoms with van der Waals surface area (Å²) in [6.07, 6.45) is 2.49. The van der Waals surface area contributed by atoms with Gasteiger partial charge in [-0.15, -0.1) is 12.4 Å². The van der Waals surface area contributed by atoms with Crippen molar-refractivity contribution in [2.24, 2.45) is 0 Å². The van der Waals surface area contributed by atoms with Gasteiger partial charge in [-0.2, -0.15) is 0 Å². The predicted octanol–water partition coefficient (Wildman–Crippen LogP) is 1.99. The molecule has 1 amide bonds. The molecule has 1 saturated heterocycles. The first-order chi connectivity index (χ1) is 9.60. The van der Waals surface area contributed by atoms with Gasteiger partial charge in [-0.05, 0) is 44.1 Å². The van der Waals surface area contributed by atoms with Gasteiger partial charge < -0.3 is 10.2 Å². The molecule has 0 aromatic heterocycles. The van der Waals surface area contributed by atoms with Gasteiger partial charge in [0.1, 0.15) is 0 Å². The van der Waals surface area contributed by atoms with E-state index in [1.54, 1.807) is 19.0 Å². The summed E-state index contributed by atoms with van der Waals surface area (Å²) < 4.78 is 0. The molecular formula is C16H26ClN3O. The van der Waals surface area contributed by atoms with Crippen molar-refractivity contribution in [3.63, 3.8) is 0 Å². The molecule has 1 atom stereocenters. The highest BCUT2D eigenvalue weighted by molar-refractivity contribution is 5.94. The van der Waals surface area contributed by atoms with Gasteiger partial charge in [0.2, 0.25) is 0 Å². The van der Waals surface area contributed by atoms with Crippen LogP contribution < -0.4 is 5.32 Å². The Labute approximate surface area is 133 Å². The van der Waals surface area contributed by atoms with Crippen molar-refractivity contribution >= 4 is 18.3 Å². The molecule has 5 heteroatoms. The number of likely N-dealkylation sites (N-methyl/N-ethyl adjacent to an activating group) is 1. The zero-order chi connectivity index (χ0) is 14.5. The largest absolute Gasteiger partial charge is 0.345 e. The smallest absolute Gasteiger partial charge is 0.253 e. The van der Waals surface area contributed by atoms with Crippen LogP contribution in [0.1, 0.15) is 28.8 Å². The zero-order valence-electron chi connectivity index (χ0n) is 13.1. The van der Waals surface area contributed by atoms with Crippen molar-refractivity contribution in [3.05, 3.63) is 35.4 Å². The number of nitrogens with zero attached hydrogens (tertiary/aromatic N) is 2. The predicted molar refractivity (Wildman–Crippen MR) is 89.1 cm³/mol. The van der Waals surface area contributed by atoms with E-state index in [2.05, 4.69) is 16.3 Å². The highest BCUT2D eigenvalue weighted by atomic mass is 35.5. The second-order valence-corrected chi connectivity index (χ2v) is 5.76. The first-order valence-electron chi connectivity index (χ1n) is 7.30. The van der Waals surface area contributed by atoms with Crippen LogP contribution in [-0.2, 0) is 6.54 Å². The number of piperidine rings is 1. The van der Waals surface area contributed by atoms with E-state index in [1.807, 2.05) is 25.2 Å². The van der Waals surface area contributed by atoms with E-state index in [0.29, 0.717) is 6.04 Å². The second-order valence-electron chi connectivity index (χ2n) is 5.76. The minimum absolute atomic E-state index is 0. The lowest BCUT2D eigenvalue weighted by atomic mass is 10.0. The molecule has 0 saturated carbocycles. The van der Waals surface area contributed by atoms with Gasteiger partial charge in [0.05, 0.1) is 0 Å². The second kappa shape index (κ2) is 8.37. The van der Waals surface area contributed by atoms with Crippen LogP contribution in [-0.4, -0.2) is 56.0 Å². The van der Waals surface area contributed by atoms with Crippen molar-refractivity contribution in [3.8, 4) is 0 Å². The minimum atomic E-state index is 0. The molecule has 1 aliphatic heterocycles. The quantitative estimate of drug-likeness (QED) is 0.924. The van der Waals surface area contributed by atoms with Crippen LogP contribution >= 0.6 is 12.4 Å². The third kappa shape index (κ3) is 4.99. The number of likely N-dealkylation sites (tertiary alicyclic amines) is 1. The Bertz CT molecular complexity index is 465. The molecule has 21 heavy (non-hydrogen) atoms. The normalized spacial score (nSPS) is 18.9. The Morgan fingerprint density at radius 2 is 2.19 bits per heavy atom. The molecule has 1 aromatic rings. The summed E-state index contributed by atoms with van der Waals surface area (Å²) in [6, 6.07) is 8.58. The molecule has 1 fully saturated rings. The average molecular weight is 312 g/mol. The van der Waals surface area contributed by atoms with Gasteiger partial charge >= 0.3 is 0 Å². The number of benzene rings is 1. The highest BCUT2D eigenvalue weighted by Crippen LogP contribution is 2.15. The standard InChI is InChI=1S/C16H25N3O.ClH/c1-17-15-8-5-9-19(12-15)11-13-6-4-7-14(10-13)16(20)18(2)3;/h4,6-7,10,15,17H,5,8-9,11-12H2,1-3H3;1H. The number of hydrogen-bond acceptors (Lipinski definition) is 3. The van der Waals surface area contributed by atoms with E-state index >= 15 is 0 Å². The van der Waals surface area contributed by atoms with E-state index in [-0.39, 0.29) is 18.3 Å². The van der Waals surface area contributed by atoms with Gasteiger partial charge in [0, 0.05) is 38.8 Å². The van der Waals surface area contributed by atoms with Crippen LogP contribution in [0.25, 0.3) is 0 Å². The molecule has 2 rings (SSSR count). The van der Waals surface area contributed by atoms with E-state index in [9.17, 15) is 4.79 Å². The molecule has 1 aliphatic rings. The third-order valence-electron chi connectivity index (χ3n) is 3.90. The maximum atomic E-state index is 12.0. The Balaban J connectivity index is 0.00000220. The fourth-order valence-corrected chi connectivity index (χ4v) is 2.75. The van der Waals surface area contributed by atoms with Crippen LogP contribution in [0.5, 0.6) is 0 Å². The maximum absolute atomic E-state index is 12.0. The molecule has 0 aliphatic carbocycles. The van der Waals surface area contributed by atoms with Crippen molar-refractivity contribution in [1.29, 1.82) is 0 Å². The van der Waals surface area contributed by atoms with Crippen molar-refractivity contribution < 1.29 is 4.79 Å². The lowest BCUT2D eigenvalue weighted by molar-refractivity contribution is 0.0827. The van der Waals surface area contributed by atoms with Crippen LogP contribution in [0.3, 0.4) is 0 Å². The molecule has 118 valence electrons. The summed E-state index contributed by atoms with van der Waals surface area (Å²) in [5.41, 5.74) is 1.99. The van der Waals surface area contributed by atoms with Crippen LogP contribution in [0.15, 0.2) is 24.3 Å². The minimum Gasteiger partial charge on any atom is -0.345 e. The van der Waals surface area contributed by atoms with Crippen molar-refractivity contribution in [2.45, 2.75) is 25.4 Å². The van der Waals surface area contributed by atoms with Crippen LogP contribution in [0, 0.1) is 0 Å². The van der Waals surface area contributed by atoms with Gasteiger partial charge in [-0.1, -0.05) is 12.1 Å². The van der Waals surface area contributed by atoms with Gasteiger partial charge in [-0.25, -0.2) is 0 Å². The number of carbonyl (C=O) groups excluding carboxylic acids is 1. The van der Waals surface area contributed by atoms with E-state index < -0.39 is 0 Å². The molecular weight excluding hydrogens is 286 g/mol. The molecule has 1 N–H and O–H groups in total. The molecule has 0 bridgehead atoms. The van der Waals surface area contributed by atoms with Crippen LogP contribution in [0.4, 0.5) is 0 Å². The Kier molecular flexibility index (Phi) is 7.15. The zero-order valence-corrected chi connectivity index (χ0v) is 13.9. The molecule has 1 heterocycles. The number of rotatable bonds is 4. The Hall–Kier alpha value is -1.10. The van der Waals surface area contributed by atoms with E-state index in [1.165, 1.54) is 18.4 Å². The van der Waals surface area contributed by atoms with Crippen LogP contribution in [0.2, 0.25) is 0 Å². The van der Waals surface area contributed by atoms with Crippen molar-refractivity contribution in [2.75, 3.05) is 34.2 Å². The molecule has 0 radical (unpaired) electrons.